The van der Waals surface area contributed by atoms with E-state index in [-0.39, 0.29) is 0 Å². The fraction of sp³-hybridized carbons (Fsp3) is 0.0714. The van der Waals surface area contributed by atoms with Crippen LogP contribution in [-0.2, 0) is 10.8 Å². The van der Waals surface area contributed by atoms with E-state index in [1.54, 1.807) is 0 Å². The highest BCUT2D eigenvalue weighted by atomic mass is 32.2. The second kappa shape index (κ2) is 5.34. The van der Waals surface area contributed by atoms with Gasteiger partial charge in [0.2, 0.25) is 5.16 Å². The zero-order valence-corrected chi connectivity index (χ0v) is 11.6. The van der Waals surface area contributed by atoms with Gasteiger partial charge in [0, 0.05) is 4.90 Å². The highest BCUT2D eigenvalue weighted by Gasteiger charge is 2.16. The maximum atomic E-state index is 12.6. The number of benzene rings is 2. The molecule has 5 nitrogen and oxygen atoms in total. The van der Waals surface area contributed by atoms with E-state index >= 15 is 0 Å². The summed E-state index contributed by atoms with van der Waals surface area (Å²) in [6, 6.07) is 16.9. The number of aryl methyl sites for hydroxylation is 1. The van der Waals surface area contributed by atoms with Crippen molar-refractivity contribution in [1.29, 1.82) is 0 Å². The van der Waals surface area contributed by atoms with Crippen LogP contribution in [0.1, 0.15) is 5.56 Å². The molecule has 0 aliphatic heterocycles. The normalized spacial score (nSPS) is 12.2. The molecule has 0 aliphatic carbocycles. The molecule has 2 aromatic carbocycles. The lowest BCUT2D eigenvalue weighted by molar-refractivity contribution is 0.666. The third-order valence-electron chi connectivity index (χ3n) is 2.84. The van der Waals surface area contributed by atoms with Gasteiger partial charge in [-0.25, -0.2) is 4.21 Å². The molecule has 0 saturated heterocycles. The SMILES string of the molecule is Cc1ccc(S(=O)c2nnnn2-c2ccccc2)cc1. The van der Waals surface area contributed by atoms with Crippen LogP contribution in [0.5, 0.6) is 0 Å². The molecule has 1 unspecified atom stereocenters. The van der Waals surface area contributed by atoms with Gasteiger partial charge in [0.05, 0.1) is 5.69 Å². The van der Waals surface area contributed by atoms with E-state index in [1.807, 2.05) is 61.5 Å². The molecule has 1 aromatic heterocycles. The van der Waals surface area contributed by atoms with Crippen LogP contribution in [0.15, 0.2) is 64.6 Å². The van der Waals surface area contributed by atoms with Gasteiger partial charge in [0.15, 0.2) is 0 Å². The van der Waals surface area contributed by atoms with Crippen molar-refractivity contribution in [2.24, 2.45) is 0 Å². The van der Waals surface area contributed by atoms with Crippen LogP contribution in [0.2, 0.25) is 0 Å². The van der Waals surface area contributed by atoms with E-state index < -0.39 is 10.8 Å². The van der Waals surface area contributed by atoms with Crippen molar-refractivity contribution in [1.82, 2.24) is 20.2 Å². The third kappa shape index (κ3) is 2.37. The standard InChI is InChI=1S/C14H12N4OS/c1-11-7-9-13(10-8-11)20(19)14-15-16-17-18(14)12-5-3-2-4-6-12/h2-10H,1H3. The highest BCUT2D eigenvalue weighted by molar-refractivity contribution is 7.85. The maximum absolute atomic E-state index is 12.6. The Morgan fingerprint density at radius 3 is 2.40 bits per heavy atom. The topological polar surface area (TPSA) is 60.7 Å². The minimum Gasteiger partial charge on any atom is -0.246 e. The molecule has 0 bridgehead atoms. The molecular formula is C14H12N4OS. The minimum atomic E-state index is -1.41. The molecule has 0 spiro atoms. The zero-order valence-electron chi connectivity index (χ0n) is 10.8. The van der Waals surface area contributed by atoms with Crippen molar-refractivity contribution in [2.45, 2.75) is 17.0 Å². The number of tetrazole rings is 1. The molecule has 3 rings (SSSR count). The Morgan fingerprint density at radius 2 is 1.70 bits per heavy atom. The average Bonchev–Trinajstić information content (AvgIpc) is 2.97. The zero-order chi connectivity index (χ0) is 13.9. The Bertz CT molecular complexity index is 737. The molecule has 3 aromatic rings. The first kappa shape index (κ1) is 12.7. The minimum absolute atomic E-state index is 0.319. The van der Waals surface area contributed by atoms with Crippen molar-refractivity contribution >= 4 is 10.8 Å². The summed E-state index contributed by atoms with van der Waals surface area (Å²) in [6.07, 6.45) is 0. The number of nitrogens with zero attached hydrogens (tertiary/aromatic N) is 4. The van der Waals surface area contributed by atoms with Crippen molar-refractivity contribution in [3.63, 3.8) is 0 Å². The van der Waals surface area contributed by atoms with Crippen molar-refractivity contribution < 1.29 is 4.21 Å². The molecule has 100 valence electrons. The summed E-state index contributed by atoms with van der Waals surface area (Å²) in [6.45, 7) is 1.99. The average molecular weight is 284 g/mol. The smallest absolute Gasteiger partial charge is 0.246 e. The third-order valence-corrected chi connectivity index (χ3v) is 4.13. The second-order valence-corrected chi connectivity index (χ2v) is 5.66. The maximum Gasteiger partial charge on any atom is 0.249 e. The Hall–Kier alpha value is -2.34. The van der Waals surface area contributed by atoms with Gasteiger partial charge in [0.25, 0.3) is 0 Å². The van der Waals surface area contributed by atoms with Crippen LogP contribution in [-0.4, -0.2) is 24.4 Å². The highest BCUT2D eigenvalue weighted by Crippen LogP contribution is 2.17. The molecular weight excluding hydrogens is 272 g/mol. The Morgan fingerprint density at radius 1 is 1.00 bits per heavy atom. The van der Waals surface area contributed by atoms with Crippen LogP contribution in [0.3, 0.4) is 0 Å². The second-order valence-electron chi connectivity index (χ2n) is 4.29. The molecule has 0 amide bonds. The quantitative estimate of drug-likeness (QED) is 0.739. The number of rotatable bonds is 3. The van der Waals surface area contributed by atoms with Crippen LogP contribution in [0, 0.1) is 6.92 Å². The van der Waals surface area contributed by atoms with Crippen molar-refractivity contribution in [2.75, 3.05) is 0 Å². The van der Waals surface area contributed by atoms with Gasteiger partial charge < -0.3 is 0 Å². The molecule has 0 saturated carbocycles. The predicted octanol–water partition coefficient (Wildman–Crippen LogP) is 2.14. The molecule has 0 fully saturated rings. The van der Waals surface area contributed by atoms with Crippen molar-refractivity contribution in [3.8, 4) is 5.69 Å². The Kier molecular flexibility index (Phi) is 3.39. The van der Waals surface area contributed by atoms with E-state index in [0.29, 0.717) is 10.1 Å². The molecule has 0 radical (unpaired) electrons. The van der Waals surface area contributed by atoms with Crippen LogP contribution < -0.4 is 0 Å². The van der Waals surface area contributed by atoms with E-state index in [2.05, 4.69) is 15.5 Å². The van der Waals surface area contributed by atoms with Gasteiger partial charge in [-0.3, -0.25) is 0 Å². The summed E-state index contributed by atoms with van der Waals surface area (Å²) < 4.78 is 14.1. The summed E-state index contributed by atoms with van der Waals surface area (Å²) in [7, 11) is -1.41. The van der Waals surface area contributed by atoms with Crippen molar-refractivity contribution in [3.05, 3.63) is 60.2 Å². The summed E-state index contributed by atoms with van der Waals surface area (Å²) in [5.41, 5.74) is 1.90. The summed E-state index contributed by atoms with van der Waals surface area (Å²) in [5, 5.41) is 11.8. The lowest BCUT2D eigenvalue weighted by atomic mass is 10.2. The van der Waals surface area contributed by atoms with Crippen LogP contribution in [0.4, 0.5) is 0 Å². The first-order chi connectivity index (χ1) is 9.75. The van der Waals surface area contributed by atoms with Gasteiger partial charge in [-0.1, -0.05) is 41.0 Å². The first-order valence-corrected chi connectivity index (χ1v) is 7.23. The molecule has 0 aliphatic rings. The lowest BCUT2D eigenvalue weighted by Crippen LogP contribution is -2.05. The molecule has 1 atom stereocenters. The number of hydrogen-bond acceptors (Lipinski definition) is 4. The van der Waals surface area contributed by atoms with Gasteiger partial charge in [-0.15, -0.1) is 0 Å². The fourth-order valence-corrected chi connectivity index (χ4v) is 2.80. The number of hydrogen-bond donors (Lipinski definition) is 0. The molecule has 20 heavy (non-hydrogen) atoms. The lowest BCUT2D eigenvalue weighted by Gasteiger charge is -2.04. The van der Waals surface area contributed by atoms with E-state index in [9.17, 15) is 4.21 Å². The largest absolute Gasteiger partial charge is 0.249 e. The van der Waals surface area contributed by atoms with E-state index in [1.165, 1.54) is 4.68 Å². The summed E-state index contributed by atoms with van der Waals surface area (Å²) in [4.78, 5) is 0.683. The Balaban J connectivity index is 2.02. The van der Waals surface area contributed by atoms with E-state index in [0.717, 1.165) is 11.3 Å². The van der Waals surface area contributed by atoms with Gasteiger partial charge in [-0.2, -0.15) is 4.68 Å². The predicted molar refractivity (Wildman–Crippen MR) is 75.0 cm³/mol. The summed E-state index contributed by atoms with van der Waals surface area (Å²) >= 11 is 0. The van der Waals surface area contributed by atoms with Crippen LogP contribution >= 0.6 is 0 Å². The molecule has 0 N–H and O–H groups in total. The number of para-hydroxylation sites is 1. The van der Waals surface area contributed by atoms with Gasteiger partial charge in [-0.05, 0) is 41.6 Å². The Labute approximate surface area is 118 Å². The summed E-state index contributed by atoms with van der Waals surface area (Å²) in [5.74, 6) is 0. The fourth-order valence-electron chi connectivity index (χ4n) is 1.79. The molecule has 1 heterocycles. The molecule has 6 heteroatoms. The van der Waals surface area contributed by atoms with Crippen LogP contribution in [0.25, 0.3) is 5.69 Å². The van der Waals surface area contributed by atoms with E-state index in [4.69, 9.17) is 0 Å². The van der Waals surface area contributed by atoms with Gasteiger partial charge >= 0.3 is 0 Å². The monoisotopic (exact) mass is 284 g/mol. The van der Waals surface area contributed by atoms with Gasteiger partial charge in [0.1, 0.15) is 10.8 Å². The number of aromatic nitrogens is 4. The first-order valence-electron chi connectivity index (χ1n) is 6.08.